The summed E-state index contributed by atoms with van der Waals surface area (Å²) in [6, 6.07) is 13.0. The number of aromatic nitrogens is 3. The number of halogens is 2. The molecule has 3 heterocycles. The van der Waals surface area contributed by atoms with Crippen LogP contribution in [0.1, 0.15) is 11.5 Å². The minimum Gasteiger partial charge on any atom is -0.439 e. The van der Waals surface area contributed by atoms with Crippen LogP contribution in [0, 0.1) is 5.92 Å². The Morgan fingerprint density at radius 2 is 1.93 bits per heavy atom. The van der Waals surface area contributed by atoms with Gasteiger partial charge in [-0.05, 0) is 23.8 Å². The molecule has 1 aliphatic rings. The van der Waals surface area contributed by atoms with Crippen LogP contribution in [-0.2, 0) is 11.8 Å². The molecular weight excluding hydrogens is 413 g/mol. The van der Waals surface area contributed by atoms with Crippen LogP contribution in [0.3, 0.4) is 0 Å². The fourth-order valence-corrected chi connectivity index (χ4v) is 3.29. The van der Waals surface area contributed by atoms with Crippen molar-refractivity contribution in [2.45, 2.75) is 5.92 Å². The van der Waals surface area contributed by atoms with Gasteiger partial charge in [0.15, 0.2) is 0 Å². The van der Waals surface area contributed by atoms with E-state index in [4.69, 9.17) is 4.74 Å². The average molecular weight is 436 g/mol. The van der Waals surface area contributed by atoms with E-state index in [0.717, 1.165) is 17.9 Å². The van der Waals surface area contributed by atoms with E-state index in [1.807, 2.05) is 49.8 Å². The van der Waals surface area contributed by atoms with E-state index in [9.17, 15) is 4.79 Å². The lowest BCUT2D eigenvalue weighted by molar-refractivity contribution is -0.119. The highest BCUT2D eigenvalue weighted by Gasteiger charge is 2.34. The van der Waals surface area contributed by atoms with Gasteiger partial charge in [-0.3, -0.25) is 9.48 Å². The number of nitrogens with zero attached hydrogens (tertiary/aromatic N) is 3. The van der Waals surface area contributed by atoms with Crippen molar-refractivity contribution >= 4 is 36.4 Å². The standard InChI is InChI=1S/C20H21N5O2.2ClH/c1-25-13-14(9-23-25)17-11-21-12-18(17)20(26)24-15-7-8-19(22-10-15)27-16-5-3-2-4-6-16;;/h2-10,13,17-18,21H,11-12H2,1H3,(H,24,26);2*1H/t17-,18+;;/m1../s1. The minimum atomic E-state index is -0.144. The summed E-state index contributed by atoms with van der Waals surface area (Å²) in [4.78, 5) is 17.0. The Hall–Kier alpha value is -2.61. The lowest BCUT2D eigenvalue weighted by Gasteiger charge is -2.17. The maximum atomic E-state index is 12.7. The molecule has 0 spiro atoms. The first-order chi connectivity index (χ1) is 13.2. The number of anilines is 1. The van der Waals surface area contributed by atoms with E-state index in [1.54, 1.807) is 23.0 Å². The van der Waals surface area contributed by atoms with Gasteiger partial charge in [0.1, 0.15) is 5.75 Å². The second kappa shape index (κ2) is 10.2. The van der Waals surface area contributed by atoms with Crippen LogP contribution in [-0.4, -0.2) is 33.8 Å². The number of rotatable bonds is 5. The Bertz CT molecular complexity index is 918. The monoisotopic (exact) mass is 435 g/mol. The van der Waals surface area contributed by atoms with Gasteiger partial charge >= 0.3 is 0 Å². The minimum absolute atomic E-state index is 0. The Labute approximate surface area is 181 Å². The molecule has 154 valence electrons. The number of hydrogen-bond donors (Lipinski definition) is 2. The van der Waals surface area contributed by atoms with Gasteiger partial charge in [-0.2, -0.15) is 5.10 Å². The van der Waals surface area contributed by atoms with Gasteiger partial charge in [0.2, 0.25) is 11.8 Å². The zero-order valence-corrected chi connectivity index (χ0v) is 17.5. The van der Waals surface area contributed by atoms with E-state index in [2.05, 4.69) is 20.7 Å². The predicted octanol–water partition coefficient (Wildman–Crippen LogP) is 3.39. The topological polar surface area (TPSA) is 81.1 Å². The van der Waals surface area contributed by atoms with Crippen LogP contribution >= 0.6 is 24.8 Å². The summed E-state index contributed by atoms with van der Waals surface area (Å²) < 4.78 is 7.43. The smallest absolute Gasteiger partial charge is 0.229 e. The number of benzene rings is 1. The molecule has 3 aromatic rings. The number of amides is 1. The van der Waals surface area contributed by atoms with Gasteiger partial charge < -0.3 is 15.4 Å². The van der Waals surface area contributed by atoms with E-state index in [-0.39, 0.29) is 42.6 Å². The van der Waals surface area contributed by atoms with Gasteiger partial charge in [0.25, 0.3) is 0 Å². The molecule has 1 saturated heterocycles. The first kappa shape index (κ1) is 22.7. The van der Waals surface area contributed by atoms with Crippen molar-refractivity contribution in [1.29, 1.82) is 0 Å². The quantitative estimate of drug-likeness (QED) is 0.641. The summed E-state index contributed by atoms with van der Waals surface area (Å²) in [5.41, 5.74) is 1.73. The number of carbonyl (C=O) groups excluding carboxylic acids is 1. The zero-order chi connectivity index (χ0) is 18.6. The highest BCUT2D eigenvalue weighted by Crippen LogP contribution is 2.29. The molecule has 0 radical (unpaired) electrons. The van der Waals surface area contributed by atoms with Gasteiger partial charge in [-0.25, -0.2) is 4.98 Å². The number of hydrogen-bond acceptors (Lipinski definition) is 5. The Morgan fingerprint density at radius 3 is 2.59 bits per heavy atom. The molecule has 2 aromatic heterocycles. The van der Waals surface area contributed by atoms with Crippen molar-refractivity contribution in [1.82, 2.24) is 20.1 Å². The lowest BCUT2D eigenvalue weighted by Crippen LogP contribution is -2.28. The highest BCUT2D eigenvalue weighted by molar-refractivity contribution is 5.93. The molecule has 1 amide bonds. The largest absolute Gasteiger partial charge is 0.439 e. The fourth-order valence-electron chi connectivity index (χ4n) is 3.29. The van der Waals surface area contributed by atoms with E-state index < -0.39 is 0 Å². The number of carbonyl (C=O) groups is 1. The highest BCUT2D eigenvalue weighted by atomic mass is 35.5. The van der Waals surface area contributed by atoms with Crippen molar-refractivity contribution in [3.05, 3.63) is 66.6 Å². The maximum absolute atomic E-state index is 12.7. The molecule has 9 heteroatoms. The number of ether oxygens (including phenoxy) is 1. The molecule has 2 atom stereocenters. The third-order valence-electron chi connectivity index (χ3n) is 4.67. The van der Waals surface area contributed by atoms with Crippen LogP contribution < -0.4 is 15.4 Å². The third-order valence-corrected chi connectivity index (χ3v) is 4.67. The normalized spacial score (nSPS) is 17.7. The summed E-state index contributed by atoms with van der Waals surface area (Å²) in [6.45, 7) is 1.42. The van der Waals surface area contributed by atoms with Gasteiger partial charge in [0.05, 0.1) is 24.0 Å². The van der Waals surface area contributed by atoms with Gasteiger partial charge in [0, 0.05) is 38.3 Å². The number of nitrogens with one attached hydrogen (secondary N) is 2. The molecule has 1 aromatic carbocycles. The third kappa shape index (κ3) is 5.47. The van der Waals surface area contributed by atoms with Gasteiger partial charge in [-0.1, -0.05) is 18.2 Å². The molecule has 0 saturated carbocycles. The molecule has 1 aliphatic heterocycles. The maximum Gasteiger partial charge on any atom is 0.229 e. The van der Waals surface area contributed by atoms with Crippen LogP contribution in [0.5, 0.6) is 11.6 Å². The Balaban J connectivity index is 0.00000150. The van der Waals surface area contributed by atoms with Crippen molar-refractivity contribution in [2.24, 2.45) is 13.0 Å². The van der Waals surface area contributed by atoms with Crippen LogP contribution in [0.25, 0.3) is 0 Å². The lowest BCUT2D eigenvalue weighted by atomic mass is 9.90. The first-order valence-electron chi connectivity index (χ1n) is 8.88. The summed E-state index contributed by atoms with van der Waals surface area (Å²) >= 11 is 0. The SMILES string of the molecule is Cl.Cl.Cn1cc([C@H]2CNC[C@@H]2C(=O)Nc2ccc(Oc3ccccc3)nc2)cn1. The summed E-state index contributed by atoms with van der Waals surface area (Å²) in [6.07, 6.45) is 5.40. The van der Waals surface area contributed by atoms with E-state index >= 15 is 0 Å². The second-order valence-electron chi connectivity index (χ2n) is 6.61. The van der Waals surface area contributed by atoms with Crippen LogP contribution in [0.15, 0.2) is 61.1 Å². The van der Waals surface area contributed by atoms with Crippen molar-refractivity contribution in [2.75, 3.05) is 18.4 Å². The first-order valence-corrected chi connectivity index (χ1v) is 8.88. The molecule has 4 rings (SSSR count). The van der Waals surface area contributed by atoms with Crippen LogP contribution in [0.2, 0.25) is 0 Å². The zero-order valence-electron chi connectivity index (χ0n) is 15.8. The van der Waals surface area contributed by atoms with Crippen molar-refractivity contribution < 1.29 is 9.53 Å². The van der Waals surface area contributed by atoms with E-state index in [0.29, 0.717) is 18.1 Å². The molecule has 0 bridgehead atoms. The molecule has 29 heavy (non-hydrogen) atoms. The fraction of sp³-hybridized carbons (Fsp3) is 0.250. The van der Waals surface area contributed by atoms with Crippen LogP contribution in [0.4, 0.5) is 5.69 Å². The molecule has 0 unspecified atom stereocenters. The molecule has 7 nitrogen and oxygen atoms in total. The summed E-state index contributed by atoms with van der Waals surface area (Å²) in [5.74, 6) is 1.15. The number of para-hydroxylation sites is 1. The second-order valence-corrected chi connectivity index (χ2v) is 6.61. The molecule has 2 N–H and O–H groups in total. The van der Waals surface area contributed by atoms with Crippen molar-refractivity contribution in [3.63, 3.8) is 0 Å². The summed E-state index contributed by atoms with van der Waals surface area (Å²) in [7, 11) is 1.88. The van der Waals surface area contributed by atoms with Gasteiger partial charge in [-0.15, -0.1) is 24.8 Å². The summed E-state index contributed by atoms with van der Waals surface area (Å²) in [5, 5.41) is 10.5. The number of aryl methyl sites for hydroxylation is 1. The molecule has 1 fully saturated rings. The van der Waals surface area contributed by atoms with Crippen molar-refractivity contribution in [3.8, 4) is 11.6 Å². The van der Waals surface area contributed by atoms with E-state index in [1.165, 1.54) is 0 Å². The Morgan fingerprint density at radius 1 is 1.14 bits per heavy atom. The number of pyridine rings is 1. The average Bonchev–Trinajstić information content (AvgIpc) is 3.33. The molecule has 0 aliphatic carbocycles. The molecular formula is C20H23Cl2N5O2. The Kier molecular flexibility index (Phi) is 8.01. The predicted molar refractivity (Wildman–Crippen MR) is 116 cm³/mol.